The number of hydrogen-bond acceptors (Lipinski definition) is 3. The summed E-state index contributed by atoms with van der Waals surface area (Å²) >= 11 is 0. The fraction of sp³-hybridized carbons (Fsp3) is 0.133. The summed E-state index contributed by atoms with van der Waals surface area (Å²) in [5.74, 6) is 0. The smallest absolute Gasteiger partial charge is 0.124 e. The lowest BCUT2D eigenvalue weighted by molar-refractivity contribution is 0.408. The van der Waals surface area contributed by atoms with Gasteiger partial charge in [0.15, 0.2) is 0 Å². The van der Waals surface area contributed by atoms with E-state index >= 15 is 0 Å². The third kappa shape index (κ3) is 2.41. The molecule has 3 heteroatoms. The van der Waals surface area contributed by atoms with Gasteiger partial charge in [-0.05, 0) is 22.4 Å². The first-order chi connectivity index (χ1) is 8.92. The Labute approximate surface area is 105 Å². The summed E-state index contributed by atoms with van der Waals surface area (Å²) < 4.78 is 4.78. The second-order valence-corrected chi connectivity index (χ2v) is 4.28. The zero-order valence-corrected chi connectivity index (χ0v) is 9.97. The molecule has 0 saturated heterocycles. The maximum Gasteiger partial charge on any atom is 0.124 e. The lowest BCUT2D eigenvalue weighted by atomic mass is 10.1. The van der Waals surface area contributed by atoms with Crippen molar-refractivity contribution in [2.45, 2.75) is 13.1 Å². The number of hydrogen-bond donors (Lipinski definition) is 1. The number of benzene rings is 2. The highest BCUT2D eigenvalue weighted by Crippen LogP contribution is 2.15. The van der Waals surface area contributed by atoms with E-state index in [9.17, 15) is 0 Å². The highest BCUT2D eigenvalue weighted by Gasteiger charge is 1.98. The Morgan fingerprint density at radius 3 is 2.67 bits per heavy atom. The molecule has 3 nitrogen and oxygen atoms in total. The predicted molar refractivity (Wildman–Crippen MR) is 71.0 cm³/mol. The van der Waals surface area contributed by atoms with Crippen LogP contribution in [0, 0.1) is 0 Å². The van der Waals surface area contributed by atoms with Gasteiger partial charge in [-0.3, -0.25) is 0 Å². The van der Waals surface area contributed by atoms with E-state index in [0.717, 1.165) is 18.8 Å². The third-order valence-electron chi connectivity index (χ3n) is 2.94. The van der Waals surface area contributed by atoms with Crippen molar-refractivity contribution in [1.29, 1.82) is 0 Å². The molecule has 3 rings (SSSR count). The molecule has 2 aromatic carbocycles. The van der Waals surface area contributed by atoms with Crippen LogP contribution in [0.5, 0.6) is 0 Å². The fourth-order valence-corrected chi connectivity index (χ4v) is 2.01. The van der Waals surface area contributed by atoms with Gasteiger partial charge in [0.1, 0.15) is 6.26 Å². The van der Waals surface area contributed by atoms with Crippen molar-refractivity contribution in [3.8, 4) is 0 Å². The van der Waals surface area contributed by atoms with Crippen LogP contribution in [0.25, 0.3) is 10.8 Å². The monoisotopic (exact) mass is 238 g/mol. The van der Waals surface area contributed by atoms with Gasteiger partial charge < -0.3 is 9.84 Å². The number of nitrogens with zero attached hydrogens (tertiary/aromatic N) is 1. The molecular weight excluding hydrogens is 224 g/mol. The summed E-state index contributed by atoms with van der Waals surface area (Å²) in [7, 11) is 0. The molecule has 0 unspecified atom stereocenters. The van der Waals surface area contributed by atoms with Crippen LogP contribution >= 0.6 is 0 Å². The van der Waals surface area contributed by atoms with Crippen LogP contribution in [-0.4, -0.2) is 5.16 Å². The van der Waals surface area contributed by atoms with Crippen molar-refractivity contribution < 1.29 is 4.52 Å². The largest absolute Gasteiger partial charge is 0.364 e. The van der Waals surface area contributed by atoms with Crippen LogP contribution in [0.1, 0.15) is 11.3 Å². The Balaban J connectivity index is 1.67. The summed E-state index contributed by atoms with van der Waals surface area (Å²) in [4.78, 5) is 0. The highest BCUT2D eigenvalue weighted by atomic mass is 16.5. The number of aromatic nitrogens is 1. The second kappa shape index (κ2) is 5.02. The van der Waals surface area contributed by atoms with E-state index in [-0.39, 0.29) is 0 Å². The Morgan fingerprint density at radius 1 is 0.944 bits per heavy atom. The van der Waals surface area contributed by atoms with Crippen LogP contribution in [0.15, 0.2) is 59.3 Å². The van der Waals surface area contributed by atoms with E-state index in [0.29, 0.717) is 0 Å². The average Bonchev–Trinajstić information content (AvgIpc) is 2.92. The Kier molecular flexibility index (Phi) is 3.07. The fourth-order valence-electron chi connectivity index (χ4n) is 2.01. The van der Waals surface area contributed by atoms with E-state index < -0.39 is 0 Å². The SMILES string of the molecule is c1ccc2cc(CNCc3ccon3)ccc2c1. The lowest BCUT2D eigenvalue weighted by Gasteiger charge is -2.04. The quantitative estimate of drug-likeness (QED) is 0.759. The Bertz CT molecular complexity index is 632. The van der Waals surface area contributed by atoms with Gasteiger partial charge >= 0.3 is 0 Å². The molecule has 1 N–H and O–H groups in total. The first kappa shape index (κ1) is 11.0. The van der Waals surface area contributed by atoms with Gasteiger partial charge in [0.2, 0.25) is 0 Å². The summed E-state index contributed by atoms with van der Waals surface area (Å²) in [5, 5.41) is 9.76. The maximum absolute atomic E-state index is 4.78. The molecule has 90 valence electrons. The van der Waals surface area contributed by atoms with Gasteiger partial charge in [0, 0.05) is 19.2 Å². The topological polar surface area (TPSA) is 38.1 Å². The van der Waals surface area contributed by atoms with E-state index in [1.807, 2.05) is 6.07 Å². The van der Waals surface area contributed by atoms with Crippen molar-refractivity contribution in [2.24, 2.45) is 0 Å². The number of fused-ring (bicyclic) bond motifs is 1. The molecule has 0 aliphatic carbocycles. The summed E-state index contributed by atoms with van der Waals surface area (Å²) in [5.41, 5.74) is 2.20. The van der Waals surface area contributed by atoms with Gasteiger partial charge in [-0.2, -0.15) is 0 Å². The minimum atomic E-state index is 0.726. The lowest BCUT2D eigenvalue weighted by Crippen LogP contribution is -2.12. The maximum atomic E-state index is 4.78. The van der Waals surface area contributed by atoms with Crippen molar-refractivity contribution >= 4 is 10.8 Å². The van der Waals surface area contributed by atoms with Crippen LogP contribution in [0.4, 0.5) is 0 Å². The minimum absolute atomic E-state index is 0.726. The Morgan fingerprint density at radius 2 is 1.83 bits per heavy atom. The molecule has 0 atom stereocenters. The summed E-state index contributed by atoms with van der Waals surface area (Å²) in [6.45, 7) is 1.56. The van der Waals surface area contributed by atoms with Crippen molar-refractivity contribution in [1.82, 2.24) is 10.5 Å². The minimum Gasteiger partial charge on any atom is -0.364 e. The van der Waals surface area contributed by atoms with E-state index in [1.54, 1.807) is 6.26 Å². The van der Waals surface area contributed by atoms with E-state index in [2.05, 4.69) is 52.9 Å². The van der Waals surface area contributed by atoms with Crippen LogP contribution < -0.4 is 5.32 Å². The van der Waals surface area contributed by atoms with E-state index in [1.165, 1.54) is 16.3 Å². The second-order valence-electron chi connectivity index (χ2n) is 4.28. The van der Waals surface area contributed by atoms with Crippen molar-refractivity contribution in [3.05, 3.63) is 66.1 Å². The van der Waals surface area contributed by atoms with Crippen LogP contribution in [0.3, 0.4) is 0 Å². The molecule has 0 aliphatic heterocycles. The molecule has 3 aromatic rings. The summed E-state index contributed by atoms with van der Waals surface area (Å²) in [6.07, 6.45) is 1.59. The molecule has 0 spiro atoms. The van der Waals surface area contributed by atoms with Crippen molar-refractivity contribution in [3.63, 3.8) is 0 Å². The molecule has 1 heterocycles. The Hall–Kier alpha value is -2.13. The normalized spacial score (nSPS) is 10.9. The van der Waals surface area contributed by atoms with Gasteiger partial charge in [-0.25, -0.2) is 0 Å². The predicted octanol–water partition coefficient (Wildman–Crippen LogP) is 3.12. The third-order valence-corrected chi connectivity index (χ3v) is 2.94. The molecule has 0 amide bonds. The average molecular weight is 238 g/mol. The summed E-state index contributed by atoms with van der Waals surface area (Å²) in [6, 6.07) is 16.8. The van der Waals surface area contributed by atoms with Gasteiger partial charge in [0.25, 0.3) is 0 Å². The molecular formula is C15H14N2O. The number of nitrogens with one attached hydrogen (secondary N) is 1. The van der Waals surface area contributed by atoms with Gasteiger partial charge in [-0.15, -0.1) is 0 Å². The molecule has 0 radical (unpaired) electrons. The molecule has 0 aliphatic rings. The highest BCUT2D eigenvalue weighted by molar-refractivity contribution is 5.82. The van der Waals surface area contributed by atoms with Crippen LogP contribution in [-0.2, 0) is 13.1 Å². The molecule has 0 fully saturated rings. The zero-order chi connectivity index (χ0) is 12.2. The van der Waals surface area contributed by atoms with Crippen LogP contribution in [0.2, 0.25) is 0 Å². The first-order valence-corrected chi connectivity index (χ1v) is 5.99. The number of rotatable bonds is 4. The molecule has 0 saturated carbocycles. The van der Waals surface area contributed by atoms with Gasteiger partial charge in [0.05, 0.1) is 5.69 Å². The molecule has 1 aromatic heterocycles. The standard InChI is InChI=1S/C15H14N2O/c1-2-4-14-9-12(5-6-13(14)3-1)10-16-11-15-7-8-18-17-15/h1-9,16H,10-11H2. The molecule has 18 heavy (non-hydrogen) atoms. The zero-order valence-electron chi connectivity index (χ0n) is 9.97. The molecule has 0 bridgehead atoms. The first-order valence-electron chi connectivity index (χ1n) is 5.99. The van der Waals surface area contributed by atoms with Gasteiger partial charge in [-0.1, -0.05) is 41.6 Å². The van der Waals surface area contributed by atoms with E-state index in [4.69, 9.17) is 4.52 Å². The van der Waals surface area contributed by atoms with Crippen molar-refractivity contribution in [2.75, 3.05) is 0 Å².